The summed E-state index contributed by atoms with van der Waals surface area (Å²) in [4.78, 5) is 12.2. The number of carbonyl (C=O) groups excluding carboxylic acids is 1. The van der Waals surface area contributed by atoms with Crippen molar-refractivity contribution in [3.8, 4) is 11.4 Å². The minimum Gasteiger partial charge on any atom is -0.352 e. The Morgan fingerprint density at radius 1 is 1.30 bits per heavy atom. The first-order chi connectivity index (χ1) is 12.9. The van der Waals surface area contributed by atoms with Crippen LogP contribution < -0.4 is 5.32 Å². The fourth-order valence-corrected chi connectivity index (χ4v) is 3.25. The summed E-state index contributed by atoms with van der Waals surface area (Å²) in [6.45, 7) is 2.52. The lowest BCUT2D eigenvalue weighted by Crippen LogP contribution is -2.24. The third-order valence-electron chi connectivity index (χ3n) is 4.11. The van der Waals surface area contributed by atoms with Gasteiger partial charge in [0, 0.05) is 35.1 Å². The Hall–Kier alpha value is -2.32. The molecule has 0 saturated heterocycles. The number of aromatic amines is 1. The Morgan fingerprint density at radius 2 is 2.04 bits per heavy atom. The van der Waals surface area contributed by atoms with Gasteiger partial charge in [0.25, 0.3) is 0 Å². The van der Waals surface area contributed by atoms with Crippen molar-refractivity contribution < 1.29 is 9.18 Å². The number of amides is 1. The molecule has 0 fully saturated rings. The molecule has 5 nitrogen and oxygen atoms in total. The van der Waals surface area contributed by atoms with Crippen molar-refractivity contribution >= 4 is 34.1 Å². The fourth-order valence-electron chi connectivity index (χ4n) is 2.62. The van der Waals surface area contributed by atoms with Crippen LogP contribution in [-0.4, -0.2) is 20.7 Å². The number of hydrogen-bond acceptors (Lipinski definition) is 3. The molecule has 0 spiro atoms. The Bertz CT molecular complexity index is 1010. The van der Waals surface area contributed by atoms with E-state index in [1.54, 1.807) is 16.7 Å². The molecule has 0 saturated carbocycles. The van der Waals surface area contributed by atoms with Crippen molar-refractivity contribution in [2.45, 2.75) is 26.4 Å². The second kappa shape index (κ2) is 8.58. The van der Waals surface area contributed by atoms with Crippen molar-refractivity contribution in [3.63, 3.8) is 0 Å². The van der Waals surface area contributed by atoms with Crippen LogP contribution in [-0.2, 0) is 17.9 Å². The van der Waals surface area contributed by atoms with E-state index >= 15 is 0 Å². The predicted molar refractivity (Wildman–Crippen MR) is 108 cm³/mol. The summed E-state index contributed by atoms with van der Waals surface area (Å²) >= 11 is 8.58. The van der Waals surface area contributed by atoms with Gasteiger partial charge in [0.15, 0.2) is 10.6 Å². The Kier molecular flexibility index (Phi) is 6.18. The zero-order valence-corrected chi connectivity index (χ0v) is 17.0. The lowest BCUT2D eigenvalue weighted by molar-refractivity contribution is -0.121. The highest BCUT2D eigenvalue weighted by Crippen LogP contribution is 2.18. The van der Waals surface area contributed by atoms with E-state index in [0.29, 0.717) is 22.7 Å². The van der Waals surface area contributed by atoms with Gasteiger partial charge in [0.2, 0.25) is 5.91 Å². The van der Waals surface area contributed by atoms with Crippen molar-refractivity contribution in [2.75, 3.05) is 0 Å². The fraction of sp³-hybridized carbons (Fsp3) is 0.211. The smallest absolute Gasteiger partial charge is 0.222 e. The van der Waals surface area contributed by atoms with E-state index in [1.807, 2.05) is 31.2 Å². The molecule has 0 bridgehead atoms. The molecule has 27 heavy (non-hydrogen) atoms. The summed E-state index contributed by atoms with van der Waals surface area (Å²) in [7, 11) is 0. The van der Waals surface area contributed by atoms with Crippen LogP contribution >= 0.6 is 28.1 Å². The molecule has 8 heteroatoms. The van der Waals surface area contributed by atoms with Crippen LogP contribution in [0.3, 0.4) is 0 Å². The van der Waals surface area contributed by atoms with Crippen LogP contribution in [0, 0.1) is 17.5 Å². The van der Waals surface area contributed by atoms with Crippen LogP contribution in [0.1, 0.15) is 17.5 Å². The molecule has 140 valence electrons. The molecule has 1 heterocycles. The SMILES string of the molecule is Cc1ccc(-c2n[nH]c(=S)n2CCC(=O)NCc2cc(Br)ccc2F)cc1. The molecule has 1 amide bonds. The molecule has 0 radical (unpaired) electrons. The molecule has 0 aliphatic rings. The van der Waals surface area contributed by atoms with E-state index in [1.165, 1.54) is 6.07 Å². The van der Waals surface area contributed by atoms with Crippen LogP contribution in [0.4, 0.5) is 4.39 Å². The number of nitrogens with one attached hydrogen (secondary N) is 2. The van der Waals surface area contributed by atoms with Gasteiger partial charge < -0.3 is 5.32 Å². The number of H-pyrrole nitrogens is 1. The zero-order valence-electron chi connectivity index (χ0n) is 14.6. The highest BCUT2D eigenvalue weighted by atomic mass is 79.9. The standard InChI is InChI=1S/C19H18BrFN4OS/c1-12-2-4-13(5-3-12)18-23-24-19(27)25(18)9-8-17(26)22-11-14-10-15(20)6-7-16(14)21/h2-7,10H,8-9,11H2,1H3,(H,22,26)(H,24,27). The normalized spacial score (nSPS) is 10.8. The number of nitrogens with zero attached hydrogens (tertiary/aromatic N) is 2. The van der Waals surface area contributed by atoms with Crippen molar-refractivity contribution in [2.24, 2.45) is 0 Å². The first kappa shape index (κ1) is 19.4. The molecule has 0 unspecified atom stereocenters. The second-order valence-electron chi connectivity index (χ2n) is 6.13. The van der Waals surface area contributed by atoms with Crippen molar-refractivity contribution in [1.29, 1.82) is 0 Å². The summed E-state index contributed by atoms with van der Waals surface area (Å²) in [5.74, 6) is 0.148. The van der Waals surface area contributed by atoms with Crippen LogP contribution in [0.2, 0.25) is 0 Å². The van der Waals surface area contributed by atoms with Gasteiger partial charge in [0.05, 0.1) is 0 Å². The number of hydrogen-bond donors (Lipinski definition) is 2. The molecule has 2 N–H and O–H groups in total. The number of halogens is 2. The average Bonchev–Trinajstić information content (AvgIpc) is 3.02. The quantitative estimate of drug-likeness (QED) is 0.544. The van der Waals surface area contributed by atoms with E-state index in [9.17, 15) is 9.18 Å². The van der Waals surface area contributed by atoms with Gasteiger partial charge >= 0.3 is 0 Å². The Labute approximate surface area is 169 Å². The molecule has 2 aromatic carbocycles. The minimum atomic E-state index is -0.350. The predicted octanol–water partition coefficient (Wildman–Crippen LogP) is 4.52. The van der Waals surface area contributed by atoms with Gasteiger partial charge in [-0.15, -0.1) is 0 Å². The third-order valence-corrected chi connectivity index (χ3v) is 4.92. The van der Waals surface area contributed by atoms with Gasteiger partial charge in [-0.05, 0) is 37.3 Å². The molecule has 0 aliphatic carbocycles. The van der Waals surface area contributed by atoms with Crippen molar-refractivity contribution in [3.05, 3.63) is 68.7 Å². The van der Waals surface area contributed by atoms with Gasteiger partial charge in [-0.2, -0.15) is 5.10 Å². The summed E-state index contributed by atoms with van der Waals surface area (Å²) in [5.41, 5.74) is 2.50. The number of carbonyl (C=O) groups is 1. The summed E-state index contributed by atoms with van der Waals surface area (Å²) in [5, 5.41) is 9.78. The first-order valence-electron chi connectivity index (χ1n) is 8.37. The molecule has 0 atom stereocenters. The summed E-state index contributed by atoms with van der Waals surface area (Å²) < 4.78 is 16.8. The van der Waals surface area contributed by atoms with Crippen molar-refractivity contribution in [1.82, 2.24) is 20.1 Å². The van der Waals surface area contributed by atoms with Gasteiger partial charge in [0.1, 0.15) is 5.82 Å². The lowest BCUT2D eigenvalue weighted by atomic mass is 10.1. The number of rotatable bonds is 6. The topological polar surface area (TPSA) is 62.7 Å². The summed E-state index contributed by atoms with van der Waals surface area (Å²) in [6, 6.07) is 12.6. The van der Waals surface area contributed by atoms with Gasteiger partial charge in [-0.25, -0.2) is 4.39 Å². The van der Waals surface area contributed by atoms with Crippen LogP contribution in [0.15, 0.2) is 46.9 Å². The largest absolute Gasteiger partial charge is 0.352 e. The average molecular weight is 449 g/mol. The monoisotopic (exact) mass is 448 g/mol. The molecular weight excluding hydrogens is 431 g/mol. The lowest BCUT2D eigenvalue weighted by Gasteiger charge is -2.09. The van der Waals surface area contributed by atoms with E-state index in [2.05, 4.69) is 31.4 Å². The maximum absolute atomic E-state index is 13.7. The van der Waals surface area contributed by atoms with Crippen LogP contribution in [0.25, 0.3) is 11.4 Å². The molecule has 3 aromatic rings. The minimum absolute atomic E-state index is 0.131. The maximum atomic E-state index is 13.7. The first-order valence-corrected chi connectivity index (χ1v) is 9.57. The number of aryl methyl sites for hydroxylation is 1. The van der Waals surface area contributed by atoms with E-state index in [0.717, 1.165) is 15.6 Å². The maximum Gasteiger partial charge on any atom is 0.222 e. The highest BCUT2D eigenvalue weighted by molar-refractivity contribution is 9.10. The number of benzene rings is 2. The summed E-state index contributed by atoms with van der Waals surface area (Å²) in [6.07, 6.45) is 0.211. The van der Waals surface area contributed by atoms with E-state index in [-0.39, 0.29) is 24.7 Å². The molecule has 0 aliphatic heterocycles. The van der Waals surface area contributed by atoms with E-state index in [4.69, 9.17) is 12.2 Å². The van der Waals surface area contributed by atoms with E-state index < -0.39 is 0 Å². The third kappa shape index (κ3) is 4.90. The molecular formula is C19H18BrFN4OS. The Balaban J connectivity index is 1.64. The van der Waals surface area contributed by atoms with Gasteiger partial charge in [-0.1, -0.05) is 45.8 Å². The molecule has 1 aromatic heterocycles. The van der Waals surface area contributed by atoms with Gasteiger partial charge in [-0.3, -0.25) is 14.5 Å². The zero-order chi connectivity index (χ0) is 19.4. The Morgan fingerprint density at radius 3 is 2.78 bits per heavy atom. The number of aromatic nitrogens is 3. The molecule has 3 rings (SSSR count). The van der Waals surface area contributed by atoms with Crippen LogP contribution in [0.5, 0.6) is 0 Å². The highest BCUT2D eigenvalue weighted by Gasteiger charge is 2.11. The second-order valence-corrected chi connectivity index (χ2v) is 7.43.